The van der Waals surface area contributed by atoms with Crippen molar-refractivity contribution in [2.24, 2.45) is 11.3 Å². The van der Waals surface area contributed by atoms with Gasteiger partial charge in [-0.1, -0.05) is 13.8 Å². The molecule has 0 aliphatic rings. The minimum atomic E-state index is -0.121. The van der Waals surface area contributed by atoms with Gasteiger partial charge in [-0.3, -0.25) is 0 Å². The molecule has 0 aromatic heterocycles. The standard InChI is InChI=1S/C9H17N/c1-8(2)5-6-9(3,4)7-10/h8H,5-6H2,1-4H3. The third-order valence-electron chi connectivity index (χ3n) is 1.65. The van der Waals surface area contributed by atoms with Crippen LogP contribution in [0.25, 0.3) is 0 Å². The van der Waals surface area contributed by atoms with E-state index in [1.54, 1.807) is 0 Å². The van der Waals surface area contributed by atoms with E-state index < -0.39 is 0 Å². The maximum atomic E-state index is 8.66. The summed E-state index contributed by atoms with van der Waals surface area (Å²) >= 11 is 0. The van der Waals surface area contributed by atoms with Gasteiger partial charge in [-0.2, -0.15) is 5.26 Å². The lowest BCUT2D eigenvalue weighted by Crippen LogP contribution is -2.08. The zero-order valence-electron chi connectivity index (χ0n) is 7.44. The van der Waals surface area contributed by atoms with E-state index in [2.05, 4.69) is 19.9 Å². The molecule has 0 rings (SSSR count). The summed E-state index contributed by atoms with van der Waals surface area (Å²) in [5.74, 6) is 0.715. The van der Waals surface area contributed by atoms with Crippen molar-refractivity contribution in [2.75, 3.05) is 0 Å². The fourth-order valence-corrected chi connectivity index (χ4v) is 0.705. The minimum absolute atomic E-state index is 0.121. The molecule has 0 aliphatic carbocycles. The van der Waals surface area contributed by atoms with E-state index in [-0.39, 0.29) is 5.41 Å². The van der Waals surface area contributed by atoms with Crippen LogP contribution in [0.1, 0.15) is 40.5 Å². The first-order valence-electron chi connectivity index (χ1n) is 3.89. The van der Waals surface area contributed by atoms with Gasteiger partial charge >= 0.3 is 0 Å². The predicted molar refractivity (Wildman–Crippen MR) is 43.5 cm³/mol. The molecule has 0 fully saturated rings. The van der Waals surface area contributed by atoms with E-state index in [0.29, 0.717) is 5.92 Å². The van der Waals surface area contributed by atoms with Crippen LogP contribution in [0, 0.1) is 22.7 Å². The van der Waals surface area contributed by atoms with E-state index >= 15 is 0 Å². The van der Waals surface area contributed by atoms with E-state index in [9.17, 15) is 0 Å². The van der Waals surface area contributed by atoms with Gasteiger partial charge < -0.3 is 0 Å². The molecule has 0 saturated carbocycles. The molecule has 0 aromatic rings. The van der Waals surface area contributed by atoms with Crippen molar-refractivity contribution in [2.45, 2.75) is 40.5 Å². The monoisotopic (exact) mass is 139 g/mol. The van der Waals surface area contributed by atoms with Gasteiger partial charge in [0.2, 0.25) is 0 Å². The van der Waals surface area contributed by atoms with Crippen molar-refractivity contribution in [3.05, 3.63) is 0 Å². The third-order valence-corrected chi connectivity index (χ3v) is 1.65. The highest BCUT2D eigenvalue weighted by Gasteiger charge is 2.16. The zero-order chi connectivity index (χ0) is 8.20. The Bertz CT molecular complexity index is 128. The van der Waals surface area contributed by atoms with E-state index in [0.717, 1.165) is 12.8 Å². The van der Waals surface area contributed by atoms with Crippen LogP contribution >= 0.6 is 0 Å². The Labute approximate surface area is 64.1 Å². The minimum Gasteiger partial charge on any atom is -0.198 e. The van der Waals surface area contributed by atoms with E-state index in [1.807, 2.05) is 13.8 Å². The summed E-state index contributed by atoms with van der Waals surface area (Å²) in [4.78, 5) is 0. The summed E-state index contributed by atoms with van der Waals surface area (Å²) in [5, 5.41) is 8.66. The SMILES string of the molecule is CC(C)CCC(C)(C)C#N. The number of hydrogen-bond donors (Lipinski definition) is 0. The van der Waals surface area contributed by atoms with Crippen molar-refractivity contribution >= 4 is 0 Å². The summed E-state index contributed by atoms with van der Waals surface area (Å²) in [6.45, 7) is 8.37. The molecular formula is C9H17N. The Morgan fingerprint density at radius 2 is 1.90 bits per heavy atom. The Hall–Kier alpha value is -0.510. The molecule has 1 heteroatoms. The summed E-state index contributed by atoms with van der Waals surface area (Å²) in [6.07, 6.45) is 2.17. The van der Waals surface area contributed by atoms with Crippen LogP contribution < -0.4 is 0 Å². The highest BCUT2D eigenvalue weighted by molar-refractivity contribution is 4.91. The highest BCUT2D eigenvalue weighted by Crippen LogP contribution is 2.22. The Kier molecular flexibility index (Phi) is 3.42. The average molecular weight is 139 g/mol. The molecule has 0 aromatic carbocycles. The van der Waals surface area contributed by atoms with Crippen LogP contribution in [0.3, 0.4) is 0 Å². The molecule has 0 unspecified atom stereocenters. The number of rotatable bonds is 3. The van der Waals surface area contributed by atoms with Crippen molar-refractivity contribution in [1.82, 2.24) is 0 Å². The van der Waals surface area contributed by atoms with Crippen LogP contribution in [-0.2, 0) is 0 Å². The lowest BCUT2D eigenvalue weighted by Gasteiger charge is -2.15. The second-order valence-corrected chi connectivity index (χ2v) is 3.93. The van der Waals surface area contributed by atoms with E-state index in [4.69, 9.17) is 5.26 Å². The predicted octanol–water partition coefficient (Wildman–Crippen LogP) is 2.97. The van der Waals surface area contributed by atoms with Crippen molar-refractivity contribution in [3.8, 4) is 6.07 Å². The first-order valence-corrected chi connectivity index (χ1v) is 3.89. The fraction of sp³-hybridized carbons (Fsp3) is 0.889. The Balaban J connectivity index is 3.60. The largest absolute Gasteiger partial charge is 0.198 e. The molecule has 0 aliphatic heterocycles. The molecule has 0 spiro atoms. The number of hydrogen-bond acceptors (Lipinski definition) is 1. The molecule has 0 saturated heterocycles. The number of nitrogens with zero attached hydrogens (tertiary/aromatic N) is 1. The molecule has 0 N–H and O–H groups in total. The van der Waals surface area contributed by atoms with Crippen LogP contribution in [0.4, 0.5) is 0 Å². The van der Waals surface area contributed by atoms with Crippen LogP contribution in [0.15, 0.2) is 0 Å². The zero-order valence-corrected chi connectivity index (χ0v) is 7.44. The van der Waals surface area contributed by atoms with E-state index in [1.165, 1.54) is 0 Å². The van der Waals surface area contributed by atoms with Gasteiger partial charge in [0.05, 0.1) is 11.5 Å². The second kappa shape index (κ2) is 3.61. The van der Waals surface area contributed by atoms with Gasteiger partial charge in [0, 0.05) is 0 Å². The molecule has 0 atom stereocenters. The Morgan fingerprint density at radius 3 is 2.20 bits per heavy atom. The van der Waals surface area contributed by atoms with Gasteiger partial charge in [-0.05, 0) is 32.6 Å². The van der Waals surface area contributed by atoms with Crippen LogP contribution in [0.2, 0.25) is 0 Å². The average Bonchev–Trinajstić information content (AvgIpc) is 1.85. The molecular weight excluding hydrogens is 122 g/mol. The number of nitriles is 1. The summed E-state index contributed by atoms with van der Waals surface area (Å²) in [5.41, 5.74) is -0.121. The summed E-state index contributed by atoms with van der Waals surface area (Å²) in [6, 6.07) is 2.30. The maximum Gasteiger partial charge on any atom is 0.0683 e. The molecule has 58 valence electrons. The molecule has 1 nitrogen and oxygen atoms in total. The van der Waals surface area contributed by atoms with Crippen LogP contribution in [-0.4, -0.2) is 0 Å². The maximum absolute atomic E-state index is 8.66. The van der Waals surface area contributed by atoms with Gasteiger partial charge in [-0.25, -0.2) is 0 Å². The normalized spacial score (nSPS) is 11.6. The third kappa shape index (κ3) is 4.38. The highest BCUT2D eigenvalue weighted by atomic mass is 14.3. The summed E-state index contributed by atoms with van der Waals surface area (Å²) < 4.78 is 0. The lowest BCUT2D eigenvalue weighted by atomic mass is 9.87. The molecule has 0 radical (unpaired) electrons. The lowest BCUT2D eigenvalue weighted by molar-refractivity contribution is 0.394. The first kappa shape index (κ1) is 9.49. The fourth-order valence-electron chi connectivity index (χ4n) is 0.705. The van der Waals surface area contributed by atoms with Gasteiger partial charge in [0.15, 0.2) is 0 Å². The quantitative estimate of drug-likeness (QED) is 0.589. The van der Waals surface area contributed by atoms with Gasteiger partial charge in [0.1, 0.15) is 0 Å². The molecule has 0 amide bonds. The second-order valence-electron chi connectivity index (χ2n) is 3.93. The van der Waals surface area contributed by atoms with Crippen molar-refractivity contribution in [3.63, 3.8) is 0 Å². The first-order chi connectivity index (χ1) is 4.48. The molecule has 10 heavy (non-hydrogen) atoms. The smallest absolute Gasteiger partial charge is 0.0683 e. The topological polar surface area (TPSA) is 23.8 Å². The molecule has 0 heterocycles. The van der Waals surface area contributed by atoms with Crippen LogP contribution in [0.5, 0.6) is 0 Å². The molecule has 0 bridgehead atoms. The Morgan fingerprint density at radius 1 is 1.40 bits per heavy atom. The summed E-state index contributed by atoms with van der Waals surface area (Å²) in [7, 11) is 0. The van der Waals surface area contributed by atoms with Gasteiger partial charge in [0.25, 0.3) is 0 Å². The van der Waals surface area contributed by atoms with Crippen molar-refractivity contribution in [1.29, 1.82) is 5.26 Å². The van der Waals surface area contributed by atoms with Gasteiger partial charge in [-0.15, -0.1) is 0 Å². The van der Waals surface area contributed by atoms with Crippen molar-refractivity contribution < 1.29 is 0 Å².